The average Bonchev–Trinajstić information content (AvgIpc) is 2.84. The molecule has 0 saturated heterocycles. The number of benzene rings is 2. The maximum Gasteiger partial charge on any atom is 0.178 e. The van der Waals surface area contributed by atoms with Crippen molar-refractivity contribution in [2.24, 2.45) is 5.92 Å². The van der Waals surface area contributed by atoms with Crippen molar-refractivity contribution < 1.29 is 4.74 Å². The molecule has 4 rings (SSSR count). The molecule has 3 aromatic rings. The third kappa shape index (κ3) is 2.02. The zero-order chi connectivity index (χ0) is 15.4. The first-order chi connectivity index (χ1) is 10.5. The predicted octanol–water partition coefficient (Wildman–Crippen LogP) is 6.16. The van der Waals surface area contributed by atoms with E-state index in [0.29, 0.717) is 10.9 Å². The Morgan fingerprint density at radius 3 is 2.50 bits per heavy atom. The molecule has 0 spiro atoms. The fourth-order valence-corrected chi connectivity index (χ4v) is 3.45. The number of rotatable bonds is 1. The fourth-order valence-electron chi connectivity index (χ4n) is 3.11. The second kappa shape index (κ2) is 4.94. The third-order valence-electron chi connectivity index (χ3n) is 4.09. The molecular formula is C18H15Cl2NO. The highest BCUT2D eigenvalue weighted by Gasteiger charge is 2.29. The smallest absolute Gasteiger partial charge is 0.178 e. The zero-order valence-corrected chi connectivity index (χ0v) is 13.8. The van der Waals surface area contributed by atoms with Gasteiger partial charge in [-0.25, -0.2) is 0 Å². The summed E-state index contributed by atoms with van der Waals surface area (Å²) in [6, 6.07) is 13.9. The van der Waals surface area contributed by atoms with Crippen molar-refractivity contribution in [2.45, 2.75) is 20.1 Å². The van der Waals surface area contributed by atoms with E-state index < -0.39 is 0 Å². The lowest BCUT2D eigenvalue weighted by molar-refractivity contribution is 0.0835. The number of halogens is 2. The Morgan fingerprint density at radius 1 is 1.00 bits per heavy atom. The van der Waals surface area contributed by atoms with Gasteiger partial charge in [-0.1, -0.05) is 37.0 Å². The van der Waals surface area contributed by atoms with E-state index in [1.54, 1.807) is 0 Å². The van der Waals surface area contributed by atoms with Crippen molar-refractivity contribution in [1.29, 1.82) is 0 Å². The Hall–Kier alpha value is -1.64. The van der Waals surface area contributed by atoms with Crippen LogP contribution in [0.25, 0.3) is 22.2 Å². The molecule has 0 aliphatic carbocycles. The van der Waals surface area contributed by atoms with Gasteiger partial charge in [-0.2, -0.15) is 0 Å². The van der Waals surface area contributed by atoms with Crippen molar-refractivity contribution >= 4 is 34.1 Å². The van der Waals surface area contributed by atoms with Crippen LogP contribution >= 0.6 is 23.2 Å². The summed E-state index contributed by atoms with van der Waals surface area (Å²) < 4.78 is 8.50. The summed E-state index contributed by atoms with van der Waals surface area (Å²) >= 11 is 12.3. The van der Waals surface area contributed by atoms with Gasteiger partial charge in [0.05, 0.1) is 11.2 Å². The monoisotopic (exact) mass is 331 g/mol. The molecule has 2 aromatic carbocycles. The van der Waals surface area contributed by atoms with E-state index in [1.807, 2.05) is 30.3 Å². The zero-order valence-electron chi connectivity index (χ0n) is 12.3. The Balaban J connectivity index is 2.06. The van der Waals surface area contributed by atoms with E-state index >= 15 is 0 Å². The lowest BCUT2D eigenvalue weighted by Gasteiger charge is -2.32. The van der Waals surface area contributed by atoms with Crippen LogP contribution in [0.5, 0.6) is 5.75 Å². The molecule has 0 amide bonds. The second-order valence-electron chi connectivity index (χ2n) is 6.00. The van der Waals surface area contributed by atoms with E-state index in [4.69, 9.17) is 27.9 Å². The number of ether oxygens (including phenoxy) is 1. The minimum Gasteiger partial charge on any atom is -0.469 e. The number of fused-ring (bicyclic) bond motifs is 5. The van der Waals surface area contributed by atoms with Gasteiger partial charge < -0.3 is 9.30 Å². The van der Waals surface area contributed by atoms with Crippen molar-refractivity contribution in [3.63, 3.8) is 0 Å². The number of nitrogens with zero attached hydrogens (tertiary/aromatic N) is 1. The molecule has 0 fully saturated rings. The van der Waals surface area contributed by atoms with Gasteiger partial charge in [-0.05, 0) is 42.5 Å². The highest BCUT2D eigenvalue weighted by atomic mass is 35.5. The number of hydrogen-bond acceptors (Lipinski definition) is 1. The maximum absolute atomic E-state index is 6.24. The van der Waals surface area contributed by atoms with E-state index in [1.165, 1.54) is 0 Å². The van der Waals surface area contributed by atoms with Crippen LogP contribution in [0.3, 0.4) is 0 Å². The van der Waals surface area contributed by atoms with Crippen LogP contribution in [0.1, 0.15) is 20.1 Å². The lowest BCUT2D eigenvalue weighted by atomic mass is 10.1. The van der Waals surface area contributed by atoms with E-state index in [0.717, 1.165) is 32.9 Å². The Kier molecular flexibility index (Phi) is 3.14. The molecule has 22 heavy (non-hydrogen) atoms. The van der Waals surface area contributed by atoms with Crippen LogP contribution in [0.15, 0.2) is 42.5 Å². The minimum absolute atomic E-state index is 0.0559. The molecular weight excluding hydrogens is 317 g/mol. The molecule has 1 aromatic heterocycles. The summed E-state index contributed by atoms with van der Waals surface area (Å²) in [7, 11) is 0. The van der Waals surface area contributed by atoms with Gasteiger partial charge >= 0.3 is 0 Å². The van der Waals surface area contributed by atoms with Gasteiger partial charge in [0.15, 0.2) is 6.23 Å². The van der Waals surface area contributed by atoms with E-state index in [2.05, 4.69) is 30.5 Å². The highest BCUT2D eigenvalue weighted by molar-refractivity contribution is 6.31. The van der Waals surface area contributed by atoms with Crippen molar-refractivity contribution in [1.82, 2.24) is 4.57 Å². The van der Waals surface area contributed by atoms with Crippen molar-refractivity contribution in [3.05, 3.63) is 52.5 Å². The molecule has 0 saturated carbocycles. The summed E-state index contributed by atoms with van der Waals surface area (Å²) in [5.41, 5.74) is 3.35. The highest BCUT2D eigenvalue weighted by Crippen LogP contribution is 2.45. The standard InChI is InChI=1S/C18H15Cl2NO/c1-10(2)18-21-15-6-4-12(19)7-11(15)8-16(21)14-5-3-13(20)9-17(14)22-18/h3-10,18H,1-2H3/t18-/m0/s1. The second-order valence-corrected chi connectivity index (χ2v) is 6.87. The normalized spacial score (nSPS) is 16.5. The Morgan fingerprint density at radius 2 is 1.73 bits per heavy atom. The first-order valence-corrected chi connectivity index (χ1v) is 8.07. The van der Waals surface area contributed by atoms with Gasteiger partial charge in [0.25, 0.3) is 0 Å². The van der Waals surface area contributed by atoms with Gasteiger partial charge in [0.2, 0.25) is 0 Å². The molecule has 112 valence electrons. The summed E-state index contributed by atoms with van der Waals surface area (Å²) in [4.78, 5) is 0. The molecule has 1 atom stereocenters. The molecule has 1 aliphatic rings. The summed E-state index contributed by atoms with van der Waals surface area (Å²) in [6.07, 6.45) is -0.0559. The SMILES string of the molecule is CC(C)[C@@H]1Oc2cc(Cl)ccc2-c2cc3cc(Cl)ccc3n21. The van der Waals surface area contributed by atoms with E-state index in [-0.39, 0.29) is 6.23 Å². The van der Waals surface area contributed by atoms with Crippen molar-refractivity contribution in [3.8, 4) is 17.0 Å². The van der Waals surface area contributed by atoms with Crippen LogP contribution in [0.4, 0.5) is 0 Å². The molecule has 4 heteroatoms. The predicted molar refractivity (Wildman–Crippen MR) is 91.9 cm³/mol. The van der Waals surface area contributed by atoms with Crippen LogP contribution in [-0.2, 0) is 0 Å². The molecule has 1 aliphatic heterocycles. The van der Waals surface area contributed by atoms with E-state index in [9.17, 15) is 0 Å². The molecule has 0 bridgehead atoms. The number of hydrogen-bond donors (Lipinski definition) is 0. The number of aromatic nitrogens is 1. The molecule has 2 heterocycles. The van der Waals surface area contributed by atoms with Gasteiger partial charge in [-0.3, -0.25) is 0 Å². The summed E-state index contributed by atoms with van der Waals surface area (Å²) in [6.45, 7) is 4.32. The fraction of sp³-hybridized carbons (Fsp3) is 0.222. The quantitative estimate of drug-likeness (QED) is 0.520. The first kappa shape index (κ1) is 14.0. The maximum atomic E-state index is 6.24. The van der Waals surface area contributed by atoms with Crippen LogP contribution in [-0.4, -0.2) is 4.57 Å². The lowest BCUT2D eigenvalue weighted by Crippen LogP contribution is -2.25. The Labute approximate surface area is 139 Å². The van der Waals surface area contributed by atoms with Crippen LogP contribution in [0, 0.1) is 5.92 Å². The van der Waals surface area contributed by atoms with Crippen molar-refractivity contribution in [2.75, 3.05) is 0 Å². The third-order valence-corrected chi connectivity index (χ3v) is 4.56. The largest absolute Gasteiger partial charge is 0.469 e. The van der Waals surface area contributed by atoms with Gasteiger partial charge in [0, 0.05) is 26.9 Å². The minimum atomic E-state index is -0.0559. The van der Waals surface area contributed by atoms with Gasteiger partial charge in [-0.15, -0.1) is 0 Å². The first-order valence-electron chi connectivity index (χ1n) is 7.31. The molecule has 0 radical (unpaired) electrons. The summed E-state index contributed by atoms with van der Waals surface area (Å²) in [5.74, 6) is 1.17. The molecule has 0 unspecified atom stereocenters. The van der Waals surface area contributed by atoms with Crippen LogP contribution < -0.4 is 4.74 Å². The Bertz CT molecular complexity index is 882. The van der Waals surface area contributed by atoms with Crippen LogP contribution in [0.2, 0.25) is 10.0 Å². The van der Waals surface area contributed by atoms with Gasteiger partial charge in [0.1, 0.15) is 5.75 Å². The topological polar surface area (TPSA) is 14.2 Å². The average molecular weight is 332 g/mol. The molecule has 0 N–H and O–H groups in total. The summed E-state index contributed by atoms with van der Waals surface area (Å²) in [5, 5.41) is 2.56. The molecule has 2 nitrogen and oxygen atoms in total.